The molecule has 1 aliphatic rings. The van der Waals surface area contributed by atoms with Crippen molar-refractivity contribution in [3.05, 3.63) is 78.2 Å². The zero-order valence-electron chi connectivity index (χ0n) is 14.6. The molecular formula is C20H18N2O4S. The number of carboxylic acids is 1. The Balaban J connectivity index is 1.92. The van der Waals surface area contributed by atoms with Gasteiger partial charge in [0.2, 0.25) is 0 Å². The fourth-order valence-corrected chi connectivity index (χ4v) is 4.13. The SMILES string of the molecule is C[S@@](=O)(=NC(=O)c1cncc(-c2cccc(C(=O)O)c2)c1)C1C=CC=CC1. The number of carboxylic acid groups (broad SMARTS) is 1. The molecule has 3 rings (SSSR count). The van der Waals surface area contributed by atoms with Gasteiger partial charge < -0.3 is 5.11 Å². The Hall–Kier alpha value is -3.06. The van der Waals surface area contributed by atoms with Gasteiger partial charge in [-0.15, -0.1) is 0 Å². The van der Waals surface area contributed by atoms with Gasteiger partial charge in [0, 0.05) is 24.2 Å². The standard InChI is InChI=1S/C20H18N2O4S/c1-27(26,18-8-3-2-4-9-18)22-19(23)17-11-16(12-21-13-17)14-6-5-7-15(10-14)20(24)25/h2-8,10-13,18H,9H2,1H3,(H,24,25)/t18?,27-/m0/s1. The summed E-state index contributed by atoms with van der Waals surface area (Å²) in [5.74, 6) is -1.64. The van der Waals surface area contributed by atoms with Gasteiger partial charge in [-0.2, -0.15) is 4.36 Å². The van der Waals surface area contributed by atoms with Crippen LogP contribution in [0.5, 0.6) is 0 Å². The Labute approximate surface area is 157 Å². The van der Waals surface area contributed by atoms with Crippen LogP contribution in [0.2, 0.25) is 0 Å². The molecule has 0 radical (unpaired) electrons. The van der Waals surface area contributed by atoms with Crippen molar-refractivity contribution < 1.29 is 18.9 Å². The molecule has 1 aliphatic carbocycles. The highest BCUT2D eigenvalue weighted by Gasteiger charge is 2.19. The molecule has 7 heteroatoms. The van der Waals surface area contributed by atoms with E-state index in [1.807, 2.05) is 12.2 Å². The normalized spacial score (nSPS) is 17.9. The summed E-state index contributed by atoms with van der Waals surface area (Å²) in [5.41, 5.74) is 1.55. The summed E-state index contributed by atoms with van der Waals surface area (Å²) in [6, 6.07) is 7.93. The van der Waals surface area contributed by atoms with Crippen molar-refractivity contribution in [3.63, 3.8) is 0 Å². The molecule has 0 fully saturated rings. The number of amides is 1. The van der Waals surface area contributed by atoms with E-state index in [0.717, 1.165) is 0 Å². The fraction of sp³-hybridized carbons (Fsp3) is 0.150. The number of carbonyl (C=O) groups excluding carboxylic acids is 1. The molecule has 1 amide bonds. The third-order valence-corrected chi connectivity index (χ3v) is 6.20. The third-order valence-electron chi connectivity index (χ3n) is 4.20. The average Bonchev–Trinajstić information content (AvgIpc) is 2.68. The Morgan fingerprint density at radius 3 is 2.63 bits per heavy atom. The third kappa shape index (κ3) is 4.38. The number of aromatic nitrogens is 1. The molecule has 0 bridgehead atoms. The van der Waals surface area contributed by atoms with Crippen molar-refractivity contribution in [1.82, 2.24) is 4.98 Å². The van der Waals surface area contributed by atoms with Crippen molar-refractivity contribution in [1.29, 1.82) is 0 Å². The van der Waals surface area contributed by atoms with Crippen LogP contribution in [0.4, 0.5) is 0 Å². The Kier molecular flexibility index (Phi) is 5.32. The van der Waals surface area contributed by atoms with Gasteiger partial charge >= 0.3 is 5.97 Å². The van der Waals surface area contributed by atoms with Crippen LogP contribution in [0.1, 0.15) is 27.1 Å². The van der Waals surface area contributed by atoms with E-state index in [4.69, 9.17) is 5.11 Å². The zero-order valence-corrected chi connectivity index (χ0v) is 15.4. The minimum absolute atomic E-state index is 0.141. The van der Waals surface area contributed by atoms with Gasteiger partial charge in [-0.05, 0) is 30.2 Å². The molecule has 1 aromatic carbocycles. The van der Waals surface area contributed by atoms with E-state index in [9.17, 15) is 13.8 Å². The van der Waals surface area contributed by atoms with Crippen LogP contribution in [0.25, 0.3) is 11.1 Å². The van der Waals surface area contributed by atoms with Crippen molar-refractivity contribution >= 4 is 21.6 Å². The number of hydrogen-bond acceptors (Lipinski definition) is 4. The van der Waals surface area contributed by atoms with Gasteiger partial charge in [0.1, 0.15) is 0 Å². The Morgan fingerprint density at radius 2 is 1.93 bits per heavy atom. The minimum atomic E-state index is -2.74. The first-order valence-electron chi connectivity index (χ1n) is 8.24. The topological polar surface area (TPSA) is 96.7 Å². The number of pyridine rings is 1. The highest BCUT2D eigenvalue weighted by Crippen LogP contribution is 2.22. The number of nitrogens with zero attached hydrogens (tertiary/aromatic N) is 2. The van der Waals surface area contributed by atoms with Gasteiger partial charge in [-0.25, -0.2) is 9.00 Å². The second-order valence-corrected chi connectivity index (χ2v) is 8.70. The van der Waals surface area contributed by atoms with Gasteiger partial charge in [-0.3, -0.25) is 9.78 Å². The summed E-state index contributed by atoms with van der Waals surface area (Å²) < 4.78 is 16.8. The van der Waals surface area contributed by atoms with Crippen molar-refractivity contribution in [2.75, 3.05) is 6.26 Å². The molecule has 2 aromatic rings. The molecule has 0 saturated carbocycles. The molecule has 2 atom stereocenters. The second kappa shape index (κ2) is 7.67. The van der Waals surface area contributed by atoms with Crippen LogP contribution in [-0.4, -0.2) is 37.7 Å². The minimum Gasteiger partial charge on any atom is -0.478 e. The molecule has 1 unspecified atom stereocenters. The second-order valence-electron chi connectivity index (χ2n) is 6.19. The maximum atomic E-state index is 12.8. The summed E-state index contributed by atoms with van der Waals surface area (Å²) in [6.07, 6.45) is 12.3. The van der Waals surface area contributed by atoms with E-state index in [2.05, 4.69) is 9.35 Å². The van der Waals surface area contributed by atoms with E-state index in [-0.39, 0.29) is 16.4 Å². The molecule has 6 nitrogen and oxygen atoms in total. The molecule has 138 valence electrons. The van der Waals surface area contributed by atoms with E-state index < -0.39 is 21.6 Å². The summed E-state index contributed by atoms with van der Waals surface area (Å²) in [4.78, 5) is 27.7. The first-order chi connectivity index (χ1) is 12.9. The summed E-state index contributed by atoms with van der Waals surface area (Å²) in [5, 5.41) is 8.81. The van der Waals surface area contributed by atoms with E-state index in [1.54, 1.807) is 30.4 Å². The van der Waals surface area contributed by atoms with E-state index >= 15 is 0 Å². The Bertz CT molecular complexity index is 1080. The lowest BCUT2D eigenvalue weighted by Gasteiger charge is -2.14. The highest BCUT2D eigenvalue weighted by atomic mass is 32.2. The largest absolute Gasteiger partial charge is 0.478 e. The quantitative estimate of drug-likeness (QED) is 0.872. The van der Waals surface area contributed by atoms with Gasteiger partial charge in [0.25, 0.3) is 5.91 Å². The molecule has 0 aliphatic heterocycles. The number of allylic oxidation sites excluding steroid dienone is 3. The highest BCUT2D eigenvalue weighted by molar-refractivity contribution is 7.94. The monoisotopic (exact) mass is 382 g/mol. The molecule has 27 heavy (non-hydrogen) atoms. The predicted octanol–water partition coefficient (Wildman–Crippen LogP) is 3.57. The van der Waals surface area contributed by atoms with Gasteiger partial charge in [0.15, 0.2) is 0 Å². The van der Waals surface area contributed by atoms with Crippen LogP contribution in [-0.2, 0) is 9.73 Å². The van der Waals surface area contributed by atoms with Crippen molar-refractivity contribution in [2.24, 2.45) is 4.36 Å². The Morgan fingerprint density at radius 1 is 1.15 bits per heavy atom. The maximum Gasteiger partial charge on any atom is 0.335 e. The average molecular weight is 382 g/mol. The molecule has 1 aromatic heterocycles. The molecular weight excluding hydrogens is 364 g/mol. The van der Waals surface area contributed by atoms with Gasteiger partial charge in [-0.1, -0.05) is 36.4 Å². The number of rotatable bonds is 4. The first-order valence-corrected chi connectivity index (χ1v) is 10.2. The smallest absolute Gasteiger partial charge is 0.335 e. The molecule has 1 heterocycles. The van der Waals surface area contributed by atoms with Gasteiger partial charge in [0.05, 0.1) is 26.1 Å². The summed E-state index contributed by atoms with van der Waals surface area (Å²) in [7, 11) is -2.74. The lowest BCUT2D eigenvalue weighted by molar-refractivity contribution is 0.0696. The lowest BCUT2D eigenvalue weighted by atomic mass is 10.0. The summed E-state index contributed by atoms with van der Waals surface area (Å²) in [6.45, 7) is 0. The van der Waals surface area contributed by atoms with Crippen LogP contribution >= 0.6 is 0 Å². The van der Waals surface area contributed by atoms with Crippen LogP contribution in [0.15, 0.2) is 71.4 Å². The summed E-state index contributed by atoms with van der Waals surface area (Å²) >= 11 is 0. The number of benzene rings is 1. The number of aromatic carboxylic acids is 1. The maximum absolute atomic E-state index is 12.8. The van der Waals surface area contributed by atoms with Crippen LogP contribution in [0, 0.1) is 0 Å². The lowest BCUT2D eigenvalue weighted by Crippen LogP contribution is -2.19. The number of carbonyl (C=O) groups is 2. The first kappa shape index (κ1) is 18.7. The van der Waals surface area contributed by atoms with Crippen LogP contribution < -0.4 is 0 Å². The molecule has 0 saturated heterocycles. The molecule has 1 N–H and O–H groups in total. The van der Waals surface area contributed by atoms with Crippen molar-refractivity contribution in [3.8, 4) is 11.1 Å². The zero-order chi connectivity index (χ0) is 19.4. The fourth-order valence-electron chi connectivity index (χ4n) is 2.71. The van der Waals surface area contributed by atoms with E-state index in [0.29, 0.717) is 17.5 Å². The van der Waals surface area contributed by atoms with Crippen molar-refractivity contribution in [2.45, 2.75) is 11.7 Å². The van der Waals surface area contributed by atoms with Crippen LogP contribution in [0.3, 0.4) is 0 Å². The number of hydrogen-bond donors (Lipinski definition) is 1. The predicted molar refractivity (Wildman–Crippen MR) is 104 cm³/mol. The van der Waals surface area contributed by atoms with E-state index in [1.165, 1.54) is 30.8 Å². The molecule has 0 spiro atoms.